The van der Waals surface area contributed by atoms with Gasteiger partial charge in [0.1, 0.15) is 6.10 Å². The lowest BCUT2D eigenvalue weighted by Gasteiger charge is -2.52. The van der Waals surface area contributed by atoms with E-state index in [0.717, 1.165) is 45.4 Å². The van der Waals surface area contributed by atoms with Gasteiger partial charge in [-0.3, -0.25) is 9.69 Å². The van der Waals surface area contributed by atoms with Crippen LogP contribution in [0.5, 0.6) is 0 Å². The van der Waals surface area contributed by atoms with E-state index >= 15 is 0 Å². The van der Waals surface area contributed by atoms with Gasteiger partial charge in [-0.25, -0.2) is 0 Å². The number of hydrogen-bond donors (Lipinski definition) is 1. The normalized spacial score (nSPS) is 38.3. The fourth-order valence-electron chi connectivity index (χ4n) is 6.57. The minimum atomic E-state index is -0.516. The number of aliphatic hydroxyl groups excluding tert-OH is 1. The van der Waals surface area contributed by atoms with Gasteiger partial charge in [-0.05, 0) is 43.4 Å². The second-order valence-electron chi connectivity index (χ2n) is 10.4. The van der Waals surface area contributed by atoms with Gasteiger partial charge in [-0.2, -0.15) is 0 Å². The maximum absolute atomic E-state index is 12.9. The topological polar surface area (TPSA) is 53.0 Å². The van der Waals surface area contributed by atoms with E-state index in [9.17, 15) is 9.90 Å². The second kappa shape index (κ2) is 7.93. The van der Waals surface area contributed by atoms with Crippen molar-refractivity contribution in [3.63, 3.8) is 0 Å². The van der Waals surface area contributed by atoms with Crippen molar-refractivity contribution in [3.8, 4) is 0 Å². The number of aliphatic hydroxyl groups is 1. The summed E-state index contributed by atoms with van der Waals surface area (Å²) in [5.41, 5.74) is 3.64. The van der Waals surface area contributed by atoms with Gasteiger partial charge in [0.05, 0.1) is 12.0 Å². The summed E-state index contributed by atoms with van der Waals surface area (Å²) in [7, 11) is 0. The Hall–Kier alpha value is -1.85. The minimum absolute atomic E-state index is 0.0926. The highest BCUT2D eigenvalue weighted by Gasteiger charge is 2.59. The van der Waals surface area contributed by atoms with Crippen molar-refractivity contribution in [2.75, 3.05) is 37.6 Å². The number of benzene rings is 1. The number of anilines is 1. The number of allylic oxidation sites excluding steroid dienone is 1. The first kappa shape index (κ1) is 21.0. The Bertz CT molecular complexity index is 875. The third kappa shape index (κ3) is 3.50. The molecule has 0 aromatic heterocycles. The first-order valence-electron chi connectivity index (χ1n) is 12.0. The van der Waals surface area contributed by atoms with Crippen molar-refractivity contribution in [2.24, 2.45) is 23.2 Å². The van der Waals surface area contributed by atoms with Crippen LogP contribution in [-0.4, -0.2) is 60.9 Å². The summed E-state index contributed by atoms with van der Waals surface area (Å²) >= 11 is 0. The third-order valence-electron chi connectivity index (χ3n) is 8.76. The third-order valence-corrected chi connectivity index (χ3v) is 8.76. The zero-order valence-corrected chi connectivity index (χ0v) is 19.1. The van der Waals surface area contributed by atoms with E-state index in [2.05, 4.69) is 60.9 Å². The van der Waals surface area contributed by atoms with Crippen molar-refractivity contribution >= 4 is 11.7 Å². The Labute approximate surface area is 186 Å². The van der Waals surface area contributed by atoms with Crippen molar-refractivity contribution in [1.29, 1.82) is 0 Å². The van der Waals surface area contributed by atoms with E-state index in [-0.39, 0.29) is 29.3 Å². The standard InChI is InChI=1S/C26H36N2O3/c1-17-6-4-9-20(14-17)28-12-10-27(11-13-28)16-21-23-22(31-25(21)30)15-19-8-5-7-18(2)26(19,3)24(23)29/h4,6,8-9,14,18,21-24,29H,5,7,10-13,15-16H2,1-3H3/t18-,21-,22+,23-,24-,26+/m0/s1. The summed E-state index contributed by atoms with van der Waals surface area (Å²) in [6, 6.07) is 8.67. The number of carbonyl (C=O) groups excluding carboxylic acids is 1. The fraction of sp³-hybridized carbons (Fsp3) is 0.654. The van der Waals surface area contributed by atoms with E-state index in [0.29, 0.717) is 12.5 Å². The van der Waals surface area contributed by atoms with Crippen molar-refractivity contribution in [1.82, 2.24) is 4.90 Å². The maximum Gasteiger partial charge on any atom is 0.311 e. The molecule has 5 heteroatoms. The van der Waals surface area contributed by atoms with Gasteiger partial charge in [-0.1, -0.05) is 37.6 Å². The Balaban J connectivity index is 1.28. The molecule has 0 amide bonds. The molecule has 0 bridgehead atoms. The van der Waals surface area contributed by atoms with Gasteiger partial charge in [0, 0.05) is 56.2 Å². The molecule has 1 saturated carbocycles. The number of esters is 1. The van der Waals surface area contributed by atoms with Crippen molar-refractivity contribution in [3.05, 3.63) is 41.5 Å². The van der Waals surface area contributed by atoms with Crippen LogP contribution in [0.4, 0.5) is 5.69 Å². The van der Waals surface area contributed by atoms with Crippen LogP contribution in [0.3, 0.4) is 0 Å². The minimum Gasteiger partial charge on any atom is -0.461 e. The summed E-state index contributed by atoms with van der Waals surface area (Å²) in [6.07, 6.45) is 4.59. The summed E-state index contributed by atoms with van der Waals surface area (Å²) in [5.74, 6) is 0.00589. The molecule has 2 aliphatic heterocycles. The van der Waals surface area contributed by atoms with Crippen LogP contribution < -0.4 is 4.90 Å². The van der Waals surface area contributed by atoms with E-state index < -0.39 is 6.10 Å². The largest absolute Gasteiger partial charge is 0.461 e. The van der Waals surface area contributed by atoms with Gasteiger partial charge in [0.2, 0.25) is 0 Å². The molecule has 0 unspecified atom stereocenters. The highest BCUT2D eigenvalue weighted by Crippen LogP contribution is 2.56. The summed E-state index contributed by atoms with van der Waals surface area (Å²) in [4.78, 5) is 17.7. The predicted molar refractivity (Wildman–Crippen MR) is 122 cm³/mol. The molecule has 1 N–H and O–H groups in total. The van der Waals surface area contributed by atoms with E-state index in [1.807, 2.05) is 0 Å². The molecule has 4 aliphatic rings. The van der Waals surface area contributed by atoms with Crippen LogP contribution in [0, 0.1) is 30.1 Å². The van der Waals surface area contributed by atoms with Crippen LogP contribution in [0.1, 0.15) is 38.7 Å². The molecular formula is C26H36N2O3. The smallest absolute Gasteiger partial charge is 0.311 e. The molecule has 2 saturated heterocycles. The molecular weight excluding hydrogens is 388 g/mol. The predicted octanol–water partition coefficient (Wildman–Crippen LogP) is 3.40. The Kier molecular flexibility index (Phi) is 5.38. The van der Waals surface area contributed by atoms with Gasteiger partial charge < -0.3 is 14.7 Å². The molecule has 3 fully saturated rings. The lowest BCUT2D eigenvalue weighted by Crippen LogP contribution is -2.55. The average Bonchev–Trinajstić information content (AvgIpc) is 3.06. The maximum atomic E-state index is 12.9. The first-order chi connectivity index (χ1) is 14.9. The molecule has 0 radical (unpaired) electrons. The van der Waals surface area contributed by atoms with Crippen molar-refractivity contribution in [2.45, 2.75) is 52.2 Å². The van der Waals surface area contributed by atoms with E-state index in [1.54, 1.807) is 0 Å². The van der Waals surface area contributed by atoms with Crippen LogP contribution in [0.25, 0.3) is 0 Å². The quantitative estimate of drug-likeness (QED) is 0.595. The average molecular weight is 425 g/mol. The Morgan fingerprint density at radius 3 is 2.74 bits per heavy atom. The van der Waals surface area contributed by atoms with Crippen LogP contribution in [0.2, 0.25) is 0 Å². The van der Waals surface area contributed by atoms with Crippen LogP contribution in [0.15, 0.2) is 35.9 Å². The number of ether oxygens (including phenoxy) is 1. The molecule has 5 rings (SSSR count). The number of rotatable bonds is 3. The number of hydrogen-bond acceptors (Lipinski definition) is 5. The zero-order chi connectivity index (χ0) is 21.8. The van der Waals surface area contributed by atoms with Crippen LogP contribution in [-0.2, 0) is 9.53 Å². The molecule has 2 heterocycles. The summed E-state index contributed by atoms with van der Waals surface area (Å²) in [6.45, 7) is 11.1. The van der Waals surface area contributed by atoms with Crippen LogP contribution >= 0.6 is 0 Å². The molecule has 1 aromatic carbocycles. The molecule has 168 valence electrons. The Morgan fingerprint density at radius 2 is 2.00 bits per heavy atom. The second-order valence-corrected chi connectivity index (χ2v) is 10.4. The molecule has 5 nitrogen and oxygen atoms in total. The lowest BCUT2D eigenvalue weighted by molar-refractivity contribution is -0.145. The SMILES string of the molecule is Cc1cccc(N2CCN(C[C@@H]3C(=O)O[C@@H]4CC5=CCC[C@H](C)[C@@]5(C)[C@@H](O)[C@@H]34)CC2)c1. The lowest BCUT2D eigenvalue weighted by atomic mass is 9.55. The molecule has 0 spiro atoms. The van der Waals surface area contributed by atoms with Gasteiger partial charge in [0.15, 0.2) is 0 Å². The van der Waals surface area contributed by atoms with Crippen molar-refractivity contribution < 1.29 is 14.6 Å². The monoisotopic (exact) mass is 424 g/mol. The summed E-state index contributed by atoms with van der Waals surface area (Å²) in [5, 5.41) is 11.5. The van der Waals surface area contributed by atoms with Gasteiger partial charge >= 0.3 is 5.97 Å². The molecule has 31 heavy (non-hydrogen) atoms. The first-order valence-corrected chi connectivity index (χ1v) is 12.0. The number of fused-ring (bicyclic) bond motifs is 2. The highest BCUT2D eigenvalue weighted by molar-refractivity contribution is 5.76. The van der Waals surface area contributed by atoms with Gasteiger partial charge in [-0.15, -0.1) is 0 Å². The number of piperazine rings is 1. The highest BCUT2D eigenvalue weighted by atomic mass is 16.6. The molecule has 6 atom stereocenters. The van der Waals surface area contributed by atoms with E-state index in [1.165, 1.54) is 16.8 Å². The van der Waals surface area contributed by atoms with Gasteiger partial charge in [0.25, 0.3) is 0 Å². The molecule has 2 aliphatic carbocycles. The zero-order valence-electron chi connectivity index (χ0n) is 19.1. The number of carbonyl (C=O) groups is 1. The number of nitrogens with zero attached hydrogens (tertiary/aromatic N) is 2. The fourth-order valence-corrected chi connectivity index (χ4v) is 6.57. The molecule has 1 aromatic rings. The summed E-state index contributed by atoms with van der Waals surface area (Å²) < 4.78 is 5.85. The van der Waals surface area contributed by atoms with E-state index in [4.69, 9.17) is 4.74 Å². The number of aryl methyl sites for hydroxylation is 1. The Morgan fingerprint density at radius 1 is 1.23 bits per heavy atom.